The van der Waals surface area contributed by atoms with Gasteiger partial charge in [-0.2, -0.15) is 5.10 Å². The first-order valence-electron chi connectivity index (χ1n) is 8.18. The zero-order valence-corrected chi connectivity index (χ0v) is 17.2. The Hall–Kier alpha value is -2.78. The number of thioether (sulfide) groups is 1. The number of nitro groups is 1. The van der Waals surface area contributed by atoms with Crippen molar-refractivity contribution in [3.63, 3.8) is 0 Å². The van der Waals surface area contributed by atoms with Gasteiger partial charge in [-0.15, -0.1) is 11.8 Å². The first-order valence-corrected chi connectivity index (χ1v) is 9.96. The van der Waals surface area contributed by atoms with Crippen molar-refractivity contribution in [2.24, 2.45) is 5.10 Å². The fourth-order valence-corrected chi connectivity index (χ4v) is 3.73. The van der Waals surface area contributed by atoms with Crippen molar-refractivity contribution in [1.82, 2.24) is 10.4 Å². The number of nitrogens with one attached hydrogen (secondary N) is 1. The fourth-order valence-electron chi connectivity index (χ4n) is 2.45. The van der Waals surface area contributed by atoms with E-state index in [1.165, 1.54) is 30.1 Å². The number of pyridine rings is 1. The summed E-state index contributed by atoms with van der Waals surface area (Å²) in [7, 11) is 0. The minimum Gasteiger partial charge on any atom is -0.272 e. The molecule has 0 aliphatic heterocycles. The predicted molar refractivity (Wildman–Crippen MR) is 114 cm³/mol. The van der Waals surface area contributed by atoms with E-state index >= 15 is 0 Å². The largest absolute Gasteiger partial charge is 0.272 e. The van der Waals surface area contributed by atoms with E-state index in [1.54, 1.807) is 12.1 Å². The molecule has 0 spiro atoms. The summed E-state index contributed by atoms with van der Waals surface area (Å²) < 4.78 is 0.949. The minimum atomic E-state index is -0.469. The van der Waals surface area contributed by atoms with Gasteiger partial charge in [0.05, 0.1) is 22.4 Å². The van der Waals surface area contributed by atoms with Gasteiger partial charge in [-0.1, -0.05) is 15.9 Å². The molecule has 0 aliphatic carbocycles. The zero-order valence-electron chi connectivity index (χ0n) is 14.8. The van der Waals surface area contributed by atoms with Crippen molar-refractivity contribution < 1.29 is 9.72 Å². The van der Waals surface area contributed by atoms with Gasteiger partial charge in [-0.3, -0.25) is 19.9 Å². The predicted octanol–water partition coefficient (Wildman–Crippen LogP) is 4.46. The van der Waals surface area contributed by atoms with E-state index in [9.17, 15) is 14.9 Å². The molecule has 142 valence electrons. The molecule has 1 N–H and O–H groups in total. The molecule has 3 aromatic rings. The van der Waals surface area contributed by atoms with Crippen molar-refractivity contribution in [3.05, 3.63) is 74.4 Å². The first kappa shape index (κ1) is 20.0. The van der Waals surface area contributed by atoms with Gasteiger partial charge in [0.25, 0.3) is 5.69 Å². The highest BCUT2D eigenvalue weighted by atomic mass is 79.9. The van der Waals surface area contributed by atoms with Gasteiger partial charge in [-0.05, 0) is 48.9 Å². The van der Waals surface area contributed by atoms with Crippen LogP contribution in [0.5, 0.6) is 0 Å². The summed E-state index contributed by atoms with van der Waals surface area (Å²) in [6, 6.07) is 13.7. The second-order valence-corrected chi connectivity index (χ2v) is 7.79. The third kappa shape index (κ3) is 5.14. The van der Waals surface area contributed by atoms with Gasteiger partial charge in [0.1, 0.15) is 0 Å². The number of halogens is 1. The van der Waals surface area contributed by atoms with E-state index in [1.807, 2.05) is 31.2 Å². The molecule has 0 saturated carbocycles. The highest BCUT2D eigenvalue weighted by molar-refractivity contribution is 9.10. The van der Waals surface area contributed by atoms with Crippen LogP contribution in [0.2, 0.25) is 0 Å². The molecule has 0 saturated heterocycles. The summed E-state index contributed by atoms with van der Waals surface area (Å²) in [6.07, 6.45) is 1.44. The van der Waals surface area contributed by atoms with Crippen LogP contribution in [0.15, 0.2) is 63.0 Å². The molecule has 0 unspecified atom stereocenters. The Bertz CT molecular complexity index is 1070. The fraction of sp³-hybridized carbons (Fsp3) is 0.105. The average Bonchev–Trinajstić information content (AvgIpc) is 2.67. The van der Waals surface area contributed by atoms with E-state index in [0.29, 0.717) is 5.56 Å². The van der Waals surface area contributed by atoms with Crippen LogP contribution >= 0.6 is 27.7 Å². The number of aromatic nitrogens is 1. The Labute approximate surface area is 173 Å². The normalized spacial score (nSPS) is 11.1. The number of carbonyl (C=O) groups is 1. The number of fused-ring (bicyclic) bond motifs is 1. The molecule has 1 aromatic heterocycles. The molecular formula is C19H15BrN4O3S. The standard InChI is InChI=1S/C19H15BrN4O3S/c1-12-8-18(16-9-14(20)4-7-17(16)22-12)28-11-19(25)23-21-10-13-2-5-15(6-3-13)24(26)27/h2-10H,11H2,1H3,(H,23,25)/b21-10-. The van der Waals surface area contributed by atoms with Crippen LogP contribution in [0, 0.1) is 17.0 Å². The molecule has 0 bridgehead atoms. The number of aryl methyl sites for hydroxylation is 1. The summed E-state index contributed by atoms with van der Waals surface area (Å²) in [5.41, 5.74) is 4.88. The van der Waals surface area contributed by atoms with Crippen LogP contribution in [0.3, 0.4) is 0 Å². The number of nitrogens with zero attached hydrogens (tertiary/aromatic N) is 3. The topological polar surface area (TPSA) is 97.5 Å². The van der Waals surface area contributed by atoms with Gasteiger partial charge in [0.2, 0.25) is 5.91 Å². The van der Waals surface area contributed by atoms with Crippen LogP contribution < -0.4 is 5.43 Å². The lowest BCUT2D eigenvalue weighted by atomic mass is 10.2. The Morgan fingerprint density at radius 2 is 2.04 bits per heavy atom. The number of rotatable bonds is 6. The SMILES string of the molecule is Cc1cc(SCC(=O)N/N=C\c2ccc([N+](=O)[O-])cc2)c2cc(Br)ccc2n1. The van der Waals surface area contributed by atoms with Crippen LogP contribution in [0.25, 0.3) is 10.9 Å². The van der Waals surface area contributed by atoms with Crippen LogP contribution in [-0.4, -0.2) is 27.8 Å². The number of non-ortho nitro benzene ring substituents is 1. The van der Waals surface area contributed by atoms with E-state index in [2.05, 4.69) is 31.4 Å². The maximum absolute atomic E-state index is 12.1. The molecule has 2 aromatic carbocycles. The minimum absolute atomic E-state index is 0.00379. The quantitative estimate of drug-likeness (QED) is 0.254. The summed E-state index contributed by atoms with van der Waals surface area (Å²) in [5.74, 6) is -0.0522. The lowest BCUT2D eigenvalue weighted by Crippen LogP contribution is -2.19. The lowest BCUT2D eigenvalue weighted by molar-refractivity contribution is -0.384. The second-order valence-electron chi connectivity index (χ2n) is 5.85. The van der Waals surface area contributed by atoms with Crippen LogP contribution in [-0.2, 0) is 4.79 Å². The average molecular weight is 459 g/mol. The van der Waals surface area contributed by atoms with Crippen molar-refractivity contribution in [1.29, 1.82) is 0 Å². The second kappa shape index (κ2) is 8.94. The summed E-state index contributed by atoms with van der Waals surface area (Å²) in [4.78, 5) is 27.7. The third-order valence-corrected chi connectivity index (χ3v) is 5.27. The molecule has 0 radical (unpaired) electrons. The maximum atomic E-state index is 12.1. The summed E-state index contributed by atoms with van der Waals surface area (Å²) in [5, 5.41) is 15.5. The third-order valence-electron chi connectivity index (χ3n) is 3.73. The number of carbonyl (C=O) groups excluding carboxylic acids is 1. The lowest BCUT2D eigenvalue weighted by Gasteiger charge is -2.07. The molecule has 9 heteroatoms. The van der Waals surface area contributed by atoms with Gasteiger partial charge in [0, 0.05) is 32.6 Å². The Morgan fingerprint density at radius 1 is 1.29 bits per heavy atom. The van der Waals surface area contributed by atoms with Gasteiger partial charge in [-0.25, -0.2) is 5.43 Å². The molecular weight excluding hydrogens is 444 g/mol. The zero-order chi connectivity index (χ0) is 20.1. The van der Waals surface area contributed by atoms with Gasteiger partial charge in [0.15, 0.2) is 0 Å². The van der Waals surface area contributed by atoms with E-state index < -0.39 is 4.92 Å². The number of amides is 1. The maximum Gasteiger partial charge on any atom is 0.269 e. The van der Waals surface area contributed by atoms with Crippen molar-refractivity contribution in [2.45, 2.75) is 11.8 Å². The van der Waals surface area contributed by atoms with E-state index in [0.717, 1.165) is 26.0 Å². The van der Waals surface area contributed by atoms with Crippen LogP contribution in [0.4, 0.5) is 5.69 Å². The number of hydrogen-bond donors (Lipinski definition) is 1. The Morgan fingerprint density at radius 3 is 2.75 bits per heavy atom. The van der Waals surface area contributed by atoms with E-state index in [-0.39, 0.29) is 17.3 Å². The van der Waals surface area contributed by atoms with Crippen molar-refractivity contribution in [2.75, 3.05) is 5.75 Å². The summed E-state index contributed by atoms with van der Waals surface area (Å²) >= 11 is 4.87. The van der Waals surface area contributed by atoms with Crippen LogP contribution in [0.1, 0.15) is 11.3 Å². The monoisotopic (exact) mass is 458 g/mol. The molecule has 1 heterocycles. The molecule has 7 nitrogen and oxygen atoms in total. The highest BCUT2D eigenvalue weighted by Crippen LogP contribution is 2.29. The number of hydrazone groups is 1. The molecule has 1 amide bonds. The Balaban J connectivity index is 1.61. The van der Waals surface area contributed by atoms with Crippen molar-refractivity contribution in [3.8, 4) is 0 Å². The smallest absolute Gasteiger partial charge is 0.269 e. The van der Waals surface area contributed by atoms with Gasteiger partial charge < -0.3 is 0 Å². The van der Waals surface area contributed by atoms with Gasteiger partial charge >= 0.3 is 0 Å². The number of nitro benzene ring substituents is 1. The van der Waals surface area contributed by atoms with Crippen molar-refractivity contribution >= 4 is 56.4 Å². The Kier molecular flexibility index (Phi) is 6.37. The number of hydrogen-bond acceptors (Lipinski definition) is 6. The molecule has 0 fully saturated rings. The highest BCUT2D eigenvalue weighted by Gasteiger charge is 2.08. The molecule has 3 rings (SSSR count). The van der Waals surface area contributed by atoms with E-state index in [4.69, 9.17) is 0 Å². The molecule has 28 heavy (non-hydrogen) atoms. The molecule has 0 atom stereocenters. The summed E-state index contributed by atoms with van der Waals surface area (Å²) in [6.45, 7) is 1.92. The number of benzene rings is 2. The first-order chi connectivity index (χ1) is 13.4. The molecule has 0 aliphatic rings.